The zero-order valence-electron chi connectivity index (χ0n) is 9.66. The zero-order valence-corrected chi connectivity index (χ0v) is 9.66. The van der Waals surface area contributed by atoms with Gasteiger partial charge >= 0.3 is 0 Å². The second kappa shape index (κ2) is 5.69. The number of nitrogens with one attached hydrogen (secondary N) is 1. The van der Waals surface area contributed by atoms with E-state index in [-0.39, 0.29) is 12.1 Å². The summed E-state index contributed by atoms with van der Waals surface area (Å²) in [6.07, 6.45) is 3.68. The van der Waals surface area contributed by atoms with E-state index in [4.69, 9.17) is 0 Å². The fraction of sp³-hybridized carbons (Fsp3) is 1.00. The summed E-state index contributed by atoms with van der Waals surface area (Å²) in [6.45, 7) is 6.14. The van der Waals surface area contributed by atoms with Crippen LogP contribution in [0.15, 0.2) is 0 Å². The number of aliphatic hydroxyl groups excluding tert-OH is 1. The maximum atomic E-state index is 9.46. The molecule has 1 saturated heterocycles. The van der Waals surface area contributed by atoms with Gasteiger partial charge in [0.05, 0.1) is 6.10 Å². The third-order valence-electron chi connectivity index (χ3n) is 3.31. The summed E-state index contributed by atoms with van der Waals surface area (Å²) in [5.74, 6) is 0. The molecule has 3 heteroatoms. The van der Waals surface area contributed by atoms with Gasteiger partial charge in [0, 0.05) is 18.6 Å². The molecule has 1 heterocycles. The lowest BCUT2D eigenvalue weighted by atomic mass is 10.0. The van der Waals surface area contributed by atoms with Crippen LogP contribution in [0.1, 0.15) is 33.1 Å². The highest BCUT2D eigenvalue weighted by Gasteiger charge is 2.19. The Bertz CT molecular complexity index is 155. The van der Waals surface area contributed by atoms with Crippen molar-refractivity contribution in [1.82, 2.24) is 10.2 Å². The zero-order chi connectivity index (χ0) is 10.6. The van der Waals surface area contributed by atoms with Crippen LogP contribution in [0, 0.1) is 0 Å². The van der Waals surface area contributed by atoms with Gasteiger partial charge < -0.3 is 10.4 Å². The second-order valence-electron chi connectivity index (χ2n) is 4.57. The quantitative estimate of drug-likeness (QED) is 0.705. The minimum Gasteiger partial charge on any atom is -0.392 e. The van der Waals surface area contributed by atoms with E-state index in [2.05, 4.69) is 24.2 Å². The number of likely N-dealkylation sites (N-methyl/N-ethyl adjacent to an activating group) is 1. The van der Waals surface area contributed by atoms with Gasteiger partial charge in [-0.25, -0.2) is 0 Å². The molecule has 0 radical (unpaired) electrons. The van der Waals surface area contributed by atoms with Gasteiger partial charge in [-0.3, -0.25) is 4.90 Å². The molecule has 14 heavy (non-hydrogen) atoms. The molecule has 1 aliphatic heterocycles. The molecule has 0 bridgehead atoms. The van der Waals surface area contributed by atoms with Crippen LogP contribution >= 0.6 is 0 Å². The number of hydrogen-bond acceptors (Lipinski definition) is 3. The predicted octanol–water partition coefficient (Wildman–Crippen LogP) is 0.830. The number of nitrogens with zero attached hydrogens (tertiary/aromatic N) is 1. The van der Waals surface area contributed by atoms with E-state index in [1.54, 1.807) is 0 Å². The molecule has 3 unspecified atom stereocenters. The van der Waals surface area contributed by atoms with Gasteiger partial charge in [-0.05, 0) is 40.3 Å². The molecule has 0 aromatic rings. The van der Waals surface area contributed by atoms with E-state index in [1.807, 2.05) is 6.92 Å². The first kappa shape index (κ1) is 12.0. The van der Waals surface area contributed by atoms with Crippen LogP contribution in [0.25, 0.3) is 0 Å². The van der Waals surface area contributed by atoms with Gasteiger partial charge in [-0.2, -0.15) is 0 Å². The van der Waals surface area contributed by atoms with Gasteiger partial charge in [0.25, 0.3) is 0 Å². The van der Waals surface area contributed by atoms with Crippen LogP contribution in [-0.2, 0) is 0 Å². The fourth-order valence-electron chi connectivity index (χ4n) is 1.96. The smallest absolute Gasteiger partial charge is 0.0664 e. The van der Waals surface area contributed by atoms with Crippen LogP contribution < -0.4 is 5.32 Å². The summed E-state index contributed by atoms with van der Waals surface area (Å²) in [6, 6.07) is 0.869. The summed E-state index contributed by atoms with van der Waals surface area (Å²) >= 11 is 0. The molecule has 0 aromatic carbocycles. The first-order valence-corrected chi connectivity index (χ1v) is 5.73. The Morgan fingerprint density at radius 3 is 2.64 bits per heavy atom. The van der Waals surface area contributed by atoms with Crippen molar-refractivity contribution in [1.29, 1.82) is 0 Å². The molecule has 0 spiro atoms. The van der Waals surface area contributed by atoms with E-state index < -0.39 is 0 Å². The lowest BCUT2D eigenvalue weighted by Crippen LogP contribution is -2.47. The number of rotatable bonds is 4. The minimum atomic E-state index is -0.247. The Labute approximate surface area is 87.5 Å². The lowest BCUT2D eigenvalue weighted by molar-refractivity contribution is 0.0788. The normalized spacial score (nSPS) is 27.6. The molecule has 0 amide bonds. The van der Waals surface area contributed by atoms with Crippen LogP contribution in [0.3, 0.4) is 0 Å². The molecule has 84 valence electrons. The highest BCUT2D eigenvalue weighted by molar-refractivity contribution is 4.78. The number of hydrogen-bond donors (Lipinski definition) is 2. The largest absolute Gasteiger partial charge is 0.392 e. The summed E-state index contributed by atoms with van der Waals surface area (Å²) in [5.41, 5.74) is 0. The standard InChI is InChI=1S/C11H24N2O/c1-9(10(2)14)13(3)8-11-6-4-5-7-12-11/h9-12,14H,4-8H2,1-3H3. The van der Waals surface area contributed by atoms with Crippen LogP contribution in [0.4, 0.5) is 0 Å². The van der Waals surface area contributed by atoms with Crippen molar-refractivity contribution in [3.05, 3.63) is 0 Å². The van der Waals surface area contributed by atoms with Crippen molar-refractivity contribution in [3.8, 4) is 0 Å². The van der Waals surface area contributed by atoms with Crippen molar-refractivity contribution in [3.63, 3.8) is 0 Å². The highest BCUT2D eigenvalue weighted by Crippen LogP contribution is 2.10. The molecular formula is C11H24N2O. The van der Waals surface area contributed by atoms with Crippen LogP contribution in [-0.4, -0.2) is 48.3 Å². The average Bonchev–Trinajstić information content (AvgIpc) is 2.18. The molecular weight excluding hydrogens is 176 g/mol. The van der Waals surface area contributed by atoms with Gasteiger partial charge in [-0.15, -0.1) is 0 Å². The van der Waals surface area contributed by atoms with E-state index in [0.29, 0.717) is 6.04 Å². The van der Waals surface area contributed by atoms with Crippen molar-refractivity contribution >= 4 is 0 Å². The minimum absolute atomic E-state index is 0.247. The third-order valence-corrected chi connectivity index (χ3v) is 3.31. The van der Waals surface area contributed by atoms with Gasteiger partial charge in [-0.1, -0.05) is 6.42 Å². The fourth-order valence-corrected chi connectivity index (χ4v) is 1.96. The van der Waals surface area contributed by atoms with Gasteiger partial charge in [0.2, 0.25) is 0 Å². The van der Waals surface area contributed by atoms with Crippen molar-refractivity contribution in [2.75, 3.05) is 20.1 Å². The summed E-state index contributed by atoms with van der Waals surface area (Å²) < 4.78 is 0. The average molecular weight is 200 g/mol. The Morgan fingerprint density at radius 2 is 2.14 bits per heavy atom. The van der Waals surface area contributed by atoms with E-state index in [0.717, 1.165) is 13.1 Å². The van der Waals surface area contributed by atoms with Crippen molar-refractivity contribution in [2.45, 2.75) is 51.3 Å². The topological polar surface area (TPSA) is 35.5 Å². The Morgan fingerprint density at radius 1 is 1.43 bits per heavy atom. The summed E-state index contributed by atoms with van der Waals surface area (Å²) in [4.78, 5) is 2.24. The highest BCUT2D eigenvalue weighted by atomic mass is 16.3. The summed E-state index contributed by atoms with van der Waals surface area (Å²) in [5, 5.41) is 13.0. The first-order chi connectivity index (χ1) is 6.61. The predicted molar refractivity (Wildman–Crippen MR) is 59.4 cm³/mol. The van der Waals surface area contributed by atoms with Gasteiger partial charge in [0.15, 0.2) is 0 Å². The molecule has 1 rings (SSSR count). The maximum absolute atomic E-state index is 9.46. The van der Waals surface area contributed by atoms with Crippen molar-refractivity contribution in [2.24, 2.45) is 0 Å². The Kier molecular flexibility index (Phi) is 4.85. The lowest BCUT2D eigenvalue weighted by Gasteiger charge is -2.32. The van der Waals surface area contributed by atoms with E-state index in [1.165, 1.54) is 19.3 Å². The molecule has 3 atom stereocenters. The molecule has 0 aliphatic carbocycles. The third kappa shape index (κ3) is 3.56. The Balaban J connectivity index is 2.27. The molecule has 0 saturated carbocycles. The van der Waals surface area contributed by atoms with Crippen molar-refractivity contribution < 1.29 is 5.11 Å². The molecule has 1 fully saturated rings. The maximum Gasteiger partial charge on any atom is 0.0664 e. The number of piperidine rings is 1. The molecule has 1 aliphatic rings. The van der Waals surface area contributed by atoms with E-state index in [9.17, 15) is 5.11 Å². The SMILES string of the molecule is CC(O)C(C)N(C)CC1CCCCN1. The van der Waals surface area contributed by atoms with Crippen LogP contribution in [0.5, 0.6) is 0 Å². The molecule has 3 nitrogen and oxygen atoms in total. The number of aliphatic hydroxyl groups is 1. The monoisotopic (exact) mass is 200 g/mol. The molecule has 0 aromatic heterocycles. The van der Waals surface area contributed by atoms with E-state index >= 15 is 0 Å². The first-order valence-electron chi connectivity index (χ1n) is 5.73. The molecule has 2 N–H and O–H groups in total. The second-order valence-corrected chi connectivity index (χ2v) is 4.57. The van der Waals surface area contributed by atoms with Gasteiger partial charge in [0.1, 0.15) is 0 Å². The van der Waals surface area contributed by atoms with Crippen LogP contribution in [0.2, 0.25) is 0 Å². The Hall–Kier alpha value is -0.120. The summed E-state index contributed by atoms with van der Waals surface area (Å²) in [7, 11) is 2.09.